The monoisotopic (exact) mass is 417 g/mol. The molecule has 152 valence electrons. The minimum Gasteiger partial charge on any atom is -0.431 e. The Balaban J connectivity index is 1.82. The average Bonchev–Trinajstić information content (AvgIpc) is 3.20. The van der Waals surface area contributed by atoms with Crippen molar-refractivity contribution in [3.05, 3.63) is 64.3 Å². The van der Waals surface area contributed by atoms with Crippen molar-refractivity contribution in [3.8, 4) is 22.1 Å². The molecule has 0 bridgehead atoms. The number of hydrogen-bond acceptors (Lipinski definition) is 6. The number of aryl methyl sites for hydroxylation is 1. The third-order valence-corrected chi connectivity index (χ3v) is 5.18. The molecule has 0 aliphatic rings. The third kappa shape index (κ3) is 4.87. The van der Waals surface area contributed by atoms with E-state index in [9.17, 15) is 14.0 Å². The van der Waals surface area contributed by atoms with Gasteiger partial charge in [0.1, 0.15) is 11.6 Å². The topological polar surface area (TPSA) is 93.5 Å². The second kappa shape index (κ2) is 8.54. The van der Waals surface area contributed by atoms with Crippen LogP contribution in [0.1, 0.15) is 20.3 Å². The summed E-state index contributed by atoms with van der Waals surface area (Å²) in [5.74, 6) is -0.655. The molecule has 0 radical (unpaired) electrons. The summed E-state index contributed by atoms with van der Waals surface area (Å²) in [7, 11) is 0. The van der Waals surface area contributed by atoms with Gasteiger partial charge >= 0.3 is 0 Å². The van der Waals surface area contributed by atoms with Crippen LogP contribution in [0, 0.1) is 11.2 Å². The Kier molecular flexibility index (Phi) is 6.09. The summed E-state index contributed by atoms with van der Waals surface area (Å²) in [6, 6.07) is 7.97. The number of amides is 1. The molecular formula is C20H20FN3O4S. The number of benzene rings is 1. The van der Waals surface area contributed by atoms with Crippen LogP contribution in [0.15, 0.2) is 52.9 Å². The summed E-state index contributed by atoms with van der Waals surface area (Å²) >= 11 is 1.33. The van der Waals surface area contributed by atoms with Gasteiger partial charge in [-0.2, -0.15) is 0 Å². The lowest BCUT2D eigenvalue weighted by atomic mass is 9.88. The van der Waals surface area contributed by atoms with Gasteiger partial charge in [-0.15, -0.1) is 0 Å². The molecule has 9 heteroatoms. The fourth-order valence-corrected chi connectivity index (χ4v) is 3.20. The number of ether oxygens (including phenoxy) is 1. The third-order valence-electron chi connectivity index (χ3n) is 4.53. The highest BCUT2D eigenvalue weighted by Crippen LogP contribution is 2.29. The fourth-order valence-electron chi connectivity index (χ4n) is 2.69. The summed E-state index contributed by atoms with van der Waals surface area (Å²) < 4.78 is 21.6. The van der Waals surface area contributed by atoms with E-state index in [1.165, 1.54) is 22.0 Å². The Morgan fingerprint density at radius 2 is 2.17 bits per heavy atom. The van der Waals surface area contributed by atoms with Crippen LogP contribution >= 0.6 is 11.3 Å². The molecule has 0 aliphatic heterocycles. The number of aromatic nitrogens is 2. The number of nitrogens with zero attached hydrogens (tertiary/aromatic N) is 2. The molecule has 0 unspecified atom stereocenters. The number of halogens is 1. The highest BCUT2D eigenvalue weighted by atomic mass is 32.1. The molecule has 0 aliphatic carbocycles. The van der Waals surface area contributed by atoms with Crippen LogP contribution in [0.5, 0.6) is 10.9 Å². The van der Waals surface area contributed by atoms with Crippen molar-refractivity contribution < 1.29 is 19.1 Å². The molecule has 7 nitrogen and oxygen atoms in total. The molecule has 0 saturated heterocycles. The molecule has 0 atom stereocenters. The number of nitrogens with one attached hydrogen (secondary N) is 1. The number of carbonyl (C=O) groups is 1. The molecular weight excluding hydrogens is 397 g/mol. The summed E-state index contributed by atoms with van der Waals surface area (Å²) in [6.07, 6.45) is 2.99. The van der Waals surface area contributed by atoms with Crippen molar-refractivity contribution in [2.75, 3.05) is 0 Å². The predicted octanol–water partition coefficient (Wildman–Crippen LogP) is 3.82. The molecule has 29 heavy (non-hydrogen) atoms. The first-order valence-electron chi connectivity index (χ1n) is 8.82. The van der Waals surface area contributed by atoms with E-state index in [0.717, 1.165) is 6.20 Å². The van der Waals surface area contributed by atoms with E-state index >= 15 is 0 Å². The van der Waals surface area contributed by atoms with E-state index in [2.05, 4.69) is 4.98 Å². The summed E-state index contributed by atoms with van der Waals surface area (Å²) in [6.45, 7) is 3.38. The van der Waals surface area contributed by atoms with Crippen LogP contribution in [0.3, 0.4) is 0 Å². The number of thiazole rings is 1. The maximum absolute atomic E-state index is 14.7. The van der Waals surface area contributed by atoms with E-state index in [4.69, 9.17) is 9.94 Å². The number of hydrogen-bond donors (Lipinski definition) is 2. The maximum atomic E-state index is 14.7. The van der Waals surface area contributed by atoms with Gasteiger partial charge in [-0.05, 0) is 24.1 Å². The van der Waals surface area contributed by atoms with Gasteiger partial charge in [0.15, 0.2) is 0 Å². The number of rotatable bonds is 7. The van der Waals surface area contributed by atoms with Crippen LogP contribution in [0.25, 0.3) is 11.1 Å². The van der Waals surface area contributed by atoms with Crippen molar-refractivity contribution in [3.63, 3.8) is 0 Å². The van der Waals surface area contributed by atoms with E-state index in [-0.39, 0.29) is 18.5 Å². The minimum absolute atomic E-state index is 0.129. The van der Waals surface area contributed by atoms with E-state index in [0.29, 0.717) is 16.5 Å². The zero-order valence-corrected chi connectivity index (χ0v) is 16.7. The molecule has 3 aromatic rings. The smallest absolute Gasteiger partial charge is 0.278 e. The minimum atomic E-state index is -0.912. The Bertz CT molecular complexity index is 1060. The molecule has 3 rings (SSSR count). The quantitative estimate of drug-likeness (QED) is 0.450. The zero-order chi connectivity index (χ0) is 21.0. The van der Waals surface area contributed by atoms with Gasteiger partial charge in [0.25, 0.3) is 10.8 Å². The number of carbonyl (C=O) groups excluding carboxylic acids is 1. The van der Waals surface area contributed by atoms with Gasteiger partial charge in [0, 0.05) is 41.4 Å². The first kappa shape index (κ1) is 20.7. The van der Waals surface area contributed by atoms with Gasteiger partial charge in [0.2, 0.25) is 5.91 Å². The molecule has 0 saturated carbocycles. The van der Waals surface area contributed by atoms with Crippen molar-refractivity contribution in [2.45, 2.75) is 26.8 Å². The molecule has 2 aromatic heterocycles. The van der Waals surface area contributed by atoms with E-state index in [1.54, 1.807) is 55.2 Å². The van der Waals surface area contributed by atoms with Crippen LogP contribution in [0.4, 0.5) is 4.39 Å². The van der Waals surface area contributed by atoms with Gasteiger partial charge in [-0.3, -0.25) is 14.8 Å². The molecule has 0 spiro atoms. The maximum Gasteiger partial charge on any atom is 0.278 e. The van der Waals surface area contributed by atoms with Crippen LogP contribution in [-0.2, 0) is 11.3 Å². The first-order valence-corrected chi connectivity index (χ1v) is 9.70. The molecule has 2 heterocycles. The zero-order valence-electron chi connectivity index (χ0n) is 15.9. The average molecular weight is 417 g/mol. The molecule has 0 fully saturated rings. The molecule has 1 amide bonds. The fraction of sp³-hybridized carbons (Fsp3) is 0.250. The van der Waals surface area contributed by atoms with Crippen molar-refractivity contribution in [1.82, 2.24) is 15.0 Å². The highest BCUT2D eigenvalue weighted by molar-refractivity contribution is 7.11. The Hall–Kier alpha value is -3.04. The summed E-state index contributed by atoms with van der Waals surface area (Å²) in [4.78, 5) is 28.2. The predicted molar refractivity (Wildman–Crippen MR) is 107 cm³/mol. The SMILES string of the molecule is CC(C)(CCn1cc(F)c(-c2cccc(Oc3nccs3)c2)cc1=O)C(=O)NO. The van der Waals surface area contributed by atoms with E-state index in [1.807, 2.05) is 0 Å². The van der Waals surface area contributed by atoms with Gasteiger partial charge in [0.05, 0.1) is 0 Å². The lowest BCUT2D eigenvalue weighted by Gasteiger charge is -2.22. The Morgan fingerprint density at radius 3 is 2.86 bits per heavy atom. The normalized spacial score (nSPS) is 11.3. The van der Waals surface area contributed by atoms with Crippen LogP contribution < -0.4 is 15.8 Å². The molecule has 1 aromatic carbocycles. The summed E-state index contributed by atoms with van der Waals surface area (Å²) in [5.41, 5.74) is 0.952. The van der Waals surface area contributed by atoms with Crippen LogP contribution in [0.2, 0.25) is 0 Å². The second-order valence-corrected chi connectivity index (χ2v) is 7.93. The Labute approximate surface area is 170 Å². The highest BCUT2D eigenvalue weighted by Gasteiger charge is 2.27. The lowest BCUT2D eigenvalue weighted by Crippen LogP contribution is -2.36. The van der Waals surface area contributed by atoms with Crippen LogP contribution in [-0.4, -0.2) is 20.7 Å². The van der Waals surface area contributed by atoms with Gasteiger partial charge in [-0.25, -0.2) is 14.9 Å². The van der Waals surface area contributed by atoms with E-state index < -0.39 is 22.7 Å². The number of hydroxylamine groups is 1. The van der Waals surface area contributed by atoms with Crippen molar-refractivity contribution in [1.29, 1.82) is 0 Å². The van der Waals surface area contributed by atoms with Crippen molar-refractivity contribution >= 4 is 17.2 Å². The largest absolute Gasteiger partial charge is 0.431 e. The van der Waals surface area contributed by atoms with Gasteiger partial charge < -0.3 is 9.30 Å². The summed E-state index contributed by atoms with van der Waals surface area (Å²) in [5, 5.41) is 11.0. The first-order chi connectivity index (χ1) is 13.8. The second-order valence-electron chi connectivity index (χ2n) is 7.07. The standard InChI is InChI=1S/C20H20FN3O4S/c1-20(2,18(26)23-27)6-8-24-12-16(21)15(11-17(24)25)13-4-3-5-14(10-13)28-19-22-7-9-29-19/h3-5,7,9-12,27H,6,8H2,1-2H3,(H,23,26). The van der Waals surface area contributed by atoms with Crippen molar-refractivity contribution in [2.24, 2.45) is 5.41 Å². The van der Waals surface area contributed by atoms with Gasteiger partial charge in [-0.1, -0.05) is 37.3 Å². The Morgan fingerprint density at radius 1 is 1.38 bits per heavy atom. The molecule has 2 N–H and O–H groups in total. The number of pyridine rings is 1. The lowest BCUT2D eigenvalue weighted by molar-refractivity contribution is -0.138.